The molecule has 6 nitrogen and oxygen atoms in total. The molecular weight excluding hydrogens is 463 g/mol. The van der Waals surface area contributed by atoms with Crippen LogP contribution >= 0.6 is 0 Å². The maximum atomic E-state index is 15.1. The van der Waals surface area contributed by atoms with Crippen molar-refractivity contribution in [3.63, 3.8) is 0 Å². The SMILES string of the molecule is O=C(O)CNCCCC(Oc1ccc(C(F)(F)c2ccc3c(c2)OCO3)cc1)c1ccc(F)cc1. The molecule has 9 heteroatoms. The highest BCUT2D eigenvalue weighted by molar-refractivity contribution is 5.68. The van der Waals surface area contributed by atoms with Gasteiger partial charge in [-0.2, -0.15) is 8.78 Å². The fraction of sp³-hybridized carbons (Fsp3) is 0.269. The molecule has 4 rings (SSSR count). The monoisotopic (exact) mass is 487 g/mol. The molecule has 2 N–H and O–H groups in total. The van der Waals surface area contributed by atoms with Crippen LogP contribution in [0.15, 0.2) is 66.7 Å². The predicted octanol–water partition coefficient (Wildman–Crippen LogP) is 5.27. The normalized spacial score (nSPS) is 13.5. The van der Waals surface area contributed by atoms with E-state index in [0.29, 0.717) is 30.9 Å². The van der Waals surface area contributed by atoms with Crippen LogP contribution in [0.25, 0.3) is 0 Å². The van der Waals surface area contributed by atoms with Gasteiger partial charge in [0.1, 0.15) is 17.7 Å². The zero-order valence-electron chi connectivity index (χ0n) is 18.7. The third kappa shape index (κ3) is 6.05. The van der Waals surface area contributed by atoms with Gasteiger partial charge in [-0.15, -0.1) is 0 Å². The largest absolute Gasteiger partial charge is 0.486 e. The number of carboxylic acid groups (broad SMARTS) is 1. The van der Waals surface area contributed by atoms with Crippen molar-refractivity contribution in [2.45, 2.75) is 24.9 Å². The summed E-state index contributed by atoms with van der Waals surface area (Å²) < 4.78 is 60.1. The lowest BCUT2D eigenvalue weighted by atomic mass is 9.99. The summed E-state index contributed by atoms with van der Waals surface area (Å²) in [6, 6.07) is 15.4. The maximum Gasteiger partial charge on any atom is 0.317 e. The van der Waals surface area contributed by atoms with E-state index in [2.05, 4.69) is 5.32 Å². The van der Waals surface area contributed by atoms with E-state index in [1.54, 1.807) is 12.1 Å². The van der Waals surface area contributed by atoms with Gasteiger partial charge < -0.3 is 24.6 Å². The molecule has 3 aromatic rings. The van der Waals surface area contributed by atoms with Crippen LogP contribution in [-0.2, 0) is 10.7 Å². The van der Waals surface area contributed by atoms with E-state index in [1.165, 1.54) is 54.6 Å². The standard InChI is InChI=1S/C26H24F3NO5/c27-20-8-3-17(4-9-20)22(2-1-13-30-15-25(31)32)35-21-10-5-18(6-11-21)26(28,29)19-7-12-23-24(14-19)34-16-33-23/h3-12,14,22,30H,1-2,13,15-16H2,(H,31,32). The summed E-state index contributed by atoms with van der Waals surface area (Å²) in [5.74, 6) is -3.51. The summed E-state index contributed by atoms with van der Waals surface area (Å²) in [5.41, 5.74) is 0.299. The van der Waals surface area contributed by atoms with Crippen molar-refractivity contribution in [1.82, 2.24) is 5.32 Å². The van der Waals surface area contributed by atoms with E-state index in [-0.39, 0.29) is 36.0 Å². The molecule has 35 heavy (non-hydrogen) atoms. The van der Waals surface area contributed by atoms with Crippen molar-refractivity contribution in [2.75, 3.05) is 19.9 Å². The molecule has 0 amide bonds. The van der Waals surface area contributed by atoms with Gasteiger partial charge in [-0.3, -0.25) is 4.79 Å². The Labute approximate surface area is 200 Å². The molecule has 1 aliphatic rings. The minimum Gasteiger partial charge on any atom is -0.486 e. The fourth-order valence-electron chi connectivity index (χ4n) is 3.74. The molecule has 184 valence electrons. The molecular formula is C26H24F3NO5. The van der Waals surface area contributed by atoms with Crippen LogP contribution in [0.5, 0.6) is 17.2 Å². The summed E-state index contributed by atoms with van der Waals surface area (Å²) in [6.45, 7) is 0.302. The van der Waals surface area contributed by atoms with Gasteiger partial charge in [0, 0.05) is 11.1 Å². The van der Waals surface area contributed by atoms with Gasteiger partial charge in [-0.05, 0) is 79.5 Å². The molecule has 3 aromatic carbocycles. The zero-order chi connectivity index (χ0) is 24.8. The fourth-order valence-corrected chi connectivity index (χ4v) is 3.74. The van der Waals surface area contributed by atoms with Crippen molar-refractivity contribution in [2.24, 2.45) is 0 Å². The Balaban J connectivity index is 1.46. The van der Waals surface area contributed by atoms with E-state index >= 15 is 8.78 Å². The zero-order valence-corrected chi connectivity index (χ0v) is 18.7. The van der Waals surface area contributed by atoms with E-state index in [0.717, 1.165) is 5.56 Å². The predicted molar refractivity (Wildman–Crippen MR) is 122 cm³/mol. The number of halogens is 3. The number of carboxylic acids is 1. The molecule has 1 atom stereocenters. The number of rotatable bonds is 11. The first-order valence-corrected chi connectivity index (χ1v) is 11.1. The molecule has 0 saturated heterocycles. The number of hydrogen-bond acceptors (Lipinski definition) is 5. The number of nitrogens with one attached hydrogen (secondary N) is 1. The molecule has 0 aromatic heterocycles. The van der Waals surface area contributed by atoms with Crippen LogP contribution in [-0.4, -0.2) is 31.0 Å². The first-order valence-electron chi connectivity index (χ1n) is 11.1. The highest BCUT2D eigenvalue weighted by Gasteiger charge is 2.35. The minimum atomic E-state index is -3.26. The average molecular weight is 487 g/mol. The first kappa shape index (κ1) is 24.4. The first-order chi connectivity index (χ1) is 16.8. The second kappa shape index (κ2) is 10.7. The van der Waals surface area contributed by atoms with Gasteiger partial charge in [0.2, 0.25) is 6.79 Å². The van der Waals surface area contributed by atoms with Gasteiger partial charge in [-0.1, -0.05) is 12.1 Å². The van der Waals surface area contributed by atoms with Gasteiger partial charge in [-0.25, -0.2) is 4.39 Å². The highest BCUT2D eigenvalue weighted by atomic mass is 19.3. The highest BCUT2D eigenvalue weighted by Crippen LogP contribution is 2.41. The van der Waals surface area contributed by atoms with Crippen molar-refractivity contribution in [3.8, 4) is 17.2 Å². The quantitative estimate of drug-likeness (QED) is 0.359. The molecule has 0 saturated carbocycles. The van der Waals surface area contributed by atoms with Crippen molar-refractivity contribution in [3.05, 3.63) is 89.2 Å². The molecule has 0 bridgehead atoms. The van der Waals surface area contributed by atoms with Crippen molar-refractivity contribution in [1.29, 1.82) is 0 Å². The number of alkyl halides is 2. The van der Waals surface area contributed by atoms with E-state index in [4.69, 9.17) is 19.3 Å². The number of fused-ring (bicyclic) bond motifs is 1. The Morgan fingerprint density at radius 3 is 2.40 bits per heavy atom. The van der Waals surface area contributed by atoms with Gasteiger partial charge >= 0.3 is 5.97 Å². The number of aliphatic carboxylic acids is 1. The van der Waals surface area contributed by atoms with Gasteiger partial charge in [0.25, 0.3) is 5.92 Å². The number of carbonyl (C=O) groups is 1. The third-order valence-electron chi connectivity index (χ3n) is 5.57. The Kier molecular flexibility index (Phi) is 7.45. The molecule has 1 heterocycles. The molecule has 0 radical (unpaired) electrons. The van der Waals surface area contributed by atoms with Crippen LogP contribution in [0.1, 0.15) is 35.6 Å². The lowest BCUT2D eigenvalue weighted by Gasteiger charge is -2.21. The molecule has 1 aliphatic heterocycles. The summed E-state index contributed by atoms with van der Waals surface area (Å²) in [4.78, 5) is 10.6. The molecule has 0 aliphatic carbocycles. The second-order valence-corrected chi connectivity index (χ2v) is 8.04. The summed E-state index contributed by atoms with van der Waals surface area (Å²) in [6.07, 6.45) is 0.630. The van der Waals surface area contributed by atoms with Crippen LogP contribution in [0.4, 0.5) is 13.2 Å². The molecule has 0 spiro atoms. The van der Waals surface area contributed by atoms with E-state index < -0.39 is 18.0 Å². The topological polar surface area (TPSA) is 77.0 Å². The smallest absolute Gasteiger partial charge is 0.317 e. The van der Waals surface area contributed by atoms with E-state index in [1.807, 2.05) is 0 Å². The minimum absolute atomic E-state index is 0.00123. The van der Waals surface area contributed by atoms with E-state index in [9.17, 15) is 9.18 Å². The lowest BCUT2D eigenvalue weighted by Crippen LogP contribution is -2.24. The van der Waals surface area contributed by atoms with Crippen LogP contribution in [0.3, 0.4) is 0 Å². The Morgan fingerprint density at radius 2 is 1.69 bits per heavy atom. The van der Waals surface area contributed by atoms with Crippen molar-refractivity contribution >= 4 is 5.97 Å². The van der Waals surface area contributed by atoms with Crippen LogP contribution in [0.2, 0.25) is 0 Å². The Morgan fingerprint density at radius 1 is 1.00 bits per heavy atom. The number of benzene rings is 3. The average Bonchev–Trinajstić information content (AvgIpc) is 3.32. The van der Waals surface area contributed by atoms with Gasteiger partial charge in [0.15, 0.2) is 11.5 Å². The molecule has 1 unspecified atom stereocenters. The summed E-state index contributed by atoms with van der Waals surface area (Å²) in [5, 5.41) is 11.5. The summed E-state index contributed by atoms with van der Waals surface area (Å²) >= 11 is 0. The van der Waals surface area contributed by atoms with Crippen molar-refractivity contribution < 1.29 is 37.3 Å². The van der Waals surface area contributed by atoms with Gasteiger partial charge in [0.05, 0.1) is 6.54 Å². The summed E-state index contributed by atoms with van der Waals surface area (Å²) in [7, 11) is 0. The Bertz CT molecular complexity index is 1150. The third-order valence-corrected chi connectivity index (χ3v) is 5.57. The Hall–Kier alpha value is -3.72. The lowest BCUT2D eigenvalue weighted by molar-refractivity contribution is -0.135. The number of ether oxygens (including phenoxy) is 3. The van der Waals surface area contributed by atoms with Crippen LogP contribution < -0.4 is 19.5 Å². The maximum absolute atomic E-state index is 15.1. The second-order valence-electron chi connectivity index (χ2n) is 8.04. The van der Waals surface area contributed by atoms with Crippen LogP contribution in [0, 0.1) is 5.82 Å². The molecule has 0 fully saturated rings. The number of hydrogen-bond donors (Lipinski definition) is 2.